The topological polar surface area (TPSA) is 90.7 Å². The van der Waals surface area contributed by atoms with Crippen LogP contribution in [-0.4, -0.2) is 25.1 Å². The van der Waals surface area contributed by atoms with E-state index in [2.05, 4.69) is 10.3 Å². The van der Waals surface area contributed by atoms with Crippen molar-refractivity contribution < 1.29 is 18.7 Å². The number of methoxy groups -OCH3 is 2. The largest absolute Gasteiger partial charge is 0.493 e. The molecule has 0 saturated heterocycles. The van der Waals surface area contributed by atoms with Crippen molar-refractivity contribution >= 4 is 22.7 Å². The van der Waals surface area contributed by atoms with Gasteiger partial charge in [0.1, 0.15) is 5.82 Å². The van der Waals surface area contributed by atoms with Gasteiger partial charge in [0.2, 0.25) is 11.7 Å². The first-order valence-corrected chi connectivity index (χ1v) is 8.34. The van der Waals surface area contributed by atoms with Crippen LogP contribution in [0, 0.1) is 13.8 Å². The normalized spacial score (nSPS) is 10.7. The van der Waals surface area contributed by atoms with Crippen molar-refractivity contribution in [3.8, 4) is 11.5 Å². The fourth-order valence-electron chi connectivity index (χ4n) is 2.92. The van der Waals surface area contributed by atoms with Crippen molar-refractivity contribution in [2.75, 3.05) is 19.5 Å². The van der Waals surface area contributed by atoms with Crippen LogP contribution in [-0.2, 0) is 11.2 Å². The number of benzene rings is 1. The molecule has 0 radical (unpaired) electrons. The van der Waals surface area contributed by atoms with Crippen LogP contribution in [0.5, 0.6) is 11.5 Å². The number of pyridine rings is 1. The smallest absolute Gasteiger partial charge is 0.340 e. The molecule has 0 aliphatic rings. The molecule has 0 spiro atoms. The second-order valence-electron chi connectivity index (χ2n) is 6.11. The summed E-state index contributed by atoms with van der Waals surface area (Å²) < 4.78 is 16.0. The van der Waals surface area contributed by atoms with Gasteiger partial charge in [-0.1, -0.05) is 0 Å². The number of fused-ring (bicyclic) bond motifs is 1. The summed E-state index contributed by atoms with van der Waals surface area (Å²) in [6.45, 7) is 3.68. The number of carbonyl (C=O) groups excluding carboxylic acids is 1. The van der Waals surface area contributed by atoms with Gasteiger partial charge in [-0.3, -0.25) is 4.79 Å². The lowest BCUT2D eigenvalue weighted by Crippen LogP contribution is -2.21. The second-order valence-corrected chi connectivity index (χ2v) is 6.11. The maximum Gasteiger partial charge on any atom is 0.340 e. The number of rotatable bonds is 5. The van der Waals surface area contributed by atoms with Crippen LogP contribution in [0.3, 0.4) is 0 Å². The lowest BCUT2D eigenvalue weighted by atomic mass is 10.0. The van der Waals surface area contributed by atoms with Crippen molar-refractivity contribution in [1.29, 1.82) is 0 Å². The van der Waals surface area contributed by atoms with Crippen molar-refractivity contribution in [2.45, 2.75) is 20.3 Å². The molecule has 2 heterocycles. The average Bonchev–Trinajstić information content (AvgIpc) is 2.64. The number of aryl methyl sites for hydroxylation is 2. The van der Waals surface area contributed by atoms with E-state index in [1.54, 1.807) is 31.3 Å². The Labute approximate surface area is 155 Å². The molecule has 3 rings (SSSR count). The molecule has 0 aliphatic heterocycles. The highest BCUT2D eigenvalue weighted by Gasteiger charge is 2.19. The fraction of sp³-hybridized carbons (Fsp3) is 0.250. The summed E-state index contributed by atoms with van der Waals surface area (Å²) in [5.41, 5.74) is 1.64. The summed E-state index contributed by atoms with van der Waals surface area (Å²) in [7, 11) is 2.98. The predicted molar refractivity (Wildman–Crippen MR) is 102 cm³/mol. The molecule has 3 aromatic rings. The summed E-state index contributed by atoms with van der Waals surface area (Å²) in [5.74, 6) is 0.899. The van der Waals surface area contributed by atoms with Crippen molar-refractivity contribution in [2.24, 2.45) is 0 Å². The van der Waals surface area contributed by atoms with Crippen LogP contribution in [0.4, 0.5) is 5.82 Å². The molecule has 1 N–H and O–H groups in total. The van der Waals surface area contributed by atoms with E-state index < -0.39 is 5.63 Å². The maximum atomic E-state index is 12.5. The van der Waals surface area contributed by atoms with Gasteiger partial charge >= 0.3 is 5.63 Å². The molecule has 0 atom stereocenters. The zero-order valence-corrected chi connectivity index (χ0v) is 15.6. The van der Waals surface area contributed by atoms with Gasteiger partial charge in [0, 0.05) is 11.6 Å². The van der Waals surface area contributed by atoms with Gasteiger partial charge in [0.15, 0.2) is 11.3 Å². The van der Waals surface area contributed by atoms with Gasteiger partial charge < -0.3 is 19.2 Å². The average molecular weight is 368 g/mol. The number of hydrogen-bond acceptors (Lipinski definition) is 6. The highest BCUT2D eigenvalue weighted by Crippen LogP contribution is 2.36. The Hall–Kier alpha value is -3.35. The van der Waals surface area contributed by atoms with Gasteiger partial charge in [-0.15, -0.1) is 0 Å². The van der Waals surface area contributed by atoms with Gasteiger partial charge in [-0.2, -0.15) is 0 Å². The monoisotopic (exact) mass is 368 g/mol. The Bertz CT molecular complexity index is 1070. The minimum absolute atomic E-state index is 0.117. The minimum Gasteiger partial charge on any atom is -0.493 e. The van der Waals surface area contributed by atoms with Gasteiger partial charge in [-0.05, 0) is 49.2 Å². The Morgan fingerprint density at radius 1 is 1.19 bits per heavy atom. The van der Waals surface area contributed by atoms with E-state index >= 15 is 0 Å². The van der Waals surface area contributed by atoms with Crippen LogP contribution in [0.1, 0.15) is 16.7 Å². The van der Waals surface area contributed by atoms with Gasteiger partial charge in [-0.25, -0.2) is 9.78 Å². The highest BCUT2D eigenvalue weighted by atomic mass is 16.5. The molecule has 0 bridgehead atoms. The third-order valence-electron chi connectivity index (χ3n) is 4.32. The number of nitrogens with zero attached hydrogens (tertiary/aromatic N) is 1. The van der Waals surface area contributed by atoms with Crippen LogP contribution in [0.15, 0.2) is 39.7 Å². The lowest BCUT2D eigenvalue weighted by molar-refractivity contribution is -0.115. The van der Waals surface area contributed by atoms with E-state index in [0.717, 1.165) is 5.56 Å². The third kappa shape index (κ3) is 3.62. The highest BCUT2D eigenvalue weighted by molar-refractivity contribution is 5.93. The van der Waals surface area contributed by atoms with Crippen LogP contribution in [0.2, 0.25) is 0 Å². The van der Waals surface area contributed by atoms with Gasteiger partial charge in [0.05, 0.1) is 26.2 Å². The van der Waals surface area contributed by atoms with Gasteiger partial charge in [0.25, 0.3) is 0 Å². The van der Waals surface area contributed by atoms with Crippen LogP contribution >= 0.6 is 0 Å². The fourth-order valence-corrected chi connectivity index (χ4v) is 2.92. The van der Waals surface area contributed by atoms with E-state index in [4.69, 9.17) is 13.9 Å². The molecular weight excluding hydrogens is 348 g/mol. The van der Waals surface area contributed by atoms with Crippen molar-refractivity contribution in [3.63, 3.8) is 0 Å². The van der Waals surface area contributed by atoms with E-state index in [-0.39, 0.29) is 12.3 Å². The van der Waals surface area contributed by atoms with E-state index in [1.165, 1.54) is 14.2 Å². The van der Waals surface area contributed by atoms with Crippen LogP contribution < -0.4 is 20.4 Å². The molecule has 7 heteroatoms. The number of amides is 1. The van der Waals surface area contributed by atoms with Crippen molar-refractivity contribution in [3.05, 3.63) is 57.6 Å². The van der Waals surface area contributed by atoms with Crippen molar-refractivity contribution in [1.82, 2.24) is 4.98 Å². The molecule has 140 valence electrons. The Balaban J connectivity index is 1.97. The predicted octanol–water partition coefficient (Wildman–Crippen LogP) is 3.00. The SMILES string of the molecule is COc1ccc2c(C)c(CC(=O)Nc3cc(C)ccn3)c(=O)oc2c1OC. The molecular formula is C20H20N2O5. The van der Waals surface area contributed by atoms with Crippen LogP contribution in [0.25, 0.3) is 11.0 Å². The molecule has 7 nitrogen and oxygen atoms in total. The molecule has 2 aromatic heterocycles. The van der Waals surface area contributed by atoms with E-state index in [1.807, 2.05) is 13.0 Å². The molecule has 1 aromatic carbocycles. The Kier molecular flexibility index (Phi) is 5.12. The van der Waals surface area contributed by atoms with E-state index in [0.29, 0.717) is 39.4 Å². The first kappa shape index (κ1) is 18.4. The summed E-state index contributed by atoms with van der Waals surface area (Å²) in [4.78, 5) is 29.0. The van der Waals surface area contributed by atoms with E-state index in [9.17, 15) is 9.59 Å². The molecule has 0 fully saturated rings. The lowest BCUT2D eigenvalue weighted by Gasteiger charge is -2.12. The quantitative estimate of drug-likeness (QED) is 0.696. The molecule has 0 aliphatic carbocycles. The number of aromatic nitrogens is 1. The molecule has 0 saturated carbocycles. The Morgan fingerprint density at radius 2 is 1.96 bits per heavy atom. The number of ether oxygens (including phenoxy) is 2. The second kappa shape index (κ2) is 7.49. The molecule has 0 unspecified atom stereocenters. The maximum absolute atomic E-state index is 12.5. The summed E-state index contributed by atoms with van der Waals surface area (Å²) in [6.07, 6.45) is 1.49. The third-order valence-corrected chi connectivity index (χ3v) is 4.32. The Morgan fingerprint density at radius 3 is 2.63 bits per heavy atom. The number of carbonyl (C=O) groups is 1. The summed E-state index contributed by atoms with van der Waals surface area (Å²) >= 11 is 0. The minimum atomic E-state index is -0.584. The standard InChI is InChI=1S/C20H20N2O5/c1-11-7-8-21-16(9-11)22-17(23)10-14-12(2)13-5-6-15(25-3)19(26-4)18(13)27-20(14)24/h5-9H,10H2,1-4H3,(H,21,22,23). The summed E-state index contributed by atoms with van der Waals surface area (Å²) in [5, 5.41) is 3.38. The summed E-state index contributed by atoms with van der Waals surface area (Å²) in [6, 6.07) is 7.09. The number of nitrogens with one attached hydrogen (secondary N) is 1. The molecule has 1 amide bonds. The zero-order valence-electron chi connectivity index (χ0n) is 15.6. The number of anilines is 1. The number of hydrogen-bond donors (Lipinski definition) is 1. The molecule has 27 heavy (non-hydrogen) atoms. The first-order valence-electron chi connectivity index (χ1n) is 8.34. The first-order chi connectivity index (χ1) is 12.9. The zero-order chi connectivity index (χ0) is 19.6.